The summed E-state index contributed by atoms with van der Waals surface area (Å²) in [4.78, 5) is 11.6. The lowest BCUT2D eigenvalue weighted by Crippen LogP contribution is -2.70. The van der Waals surface area contributed by atoms with Gasteiger partial charge >= 0.3 is 0 Å². The Labute approximate surface area is 119 Å². The fourth-order valence-electron chi connectivity index (χ4n) is 4.89. The van der Waals surface area contributed by atoms with Crippen LogP contribution in [0.3, 0.4) is 0 Å². The summed E-state index contributed by atoms with van der Waals surface area (Å²) >= 11 is 0. The molecule has 1 aliphatic carbocycles. The number of fused-ring (bicyclic) bond motifs is 2. The first-order valence-electron chi connectivity index (χ1n) is 7.84. The predicted molar refractivity (Wildman–Crippen MR) is 69.0 cm³/mol. The lowest BCUT2D eigenvalue weighted by Gasteiger charge is -2.59. The van der Waals surface area contributed by atoms with Crippen molar-refractivity contribution in [3.8, 4) is 0 Å². The van der Waals surface area contributed by atoms with Crippen LogP contribution in [0.25, 0.3) is 0 Å². The summed E-state index contributed by atoms with van der Waals surface area (Å²) in [6.07, 6.45) is 2.72. The maximum absolute atomic E-state index is 10.2. The minimum absolute atomic E-state index is 0.0379. The SMILES string of the molecule is C[C@H]1CCC2[C@H](C)[C@H](O)OC3OC4(C)CCC1[C@@]32OO4. The average molecular weight is 284 g/mol. The molecule has 4 aliphatic heterocycles. The first-order chi connectivity index (χ1) is 9.46. The van der Waals surface area contributed by atoms with E-state index in [4.69, 9.17) is 19.2 Å². The summed E-state index contributed by atoms with van der Waals surface area (Å²) in [6.45, 7) is 6.22. The molecule has 1 spiro atoms. The Kier molecular flexibility index (Phi) is 2.81. The smallest absolute Gasteiger partial charge is 0.201 e. The first kappa shape index (κ1) is 13.5. The Bertz CT molecular complexity index is 411. The van der Waals surface area contributed by atoms with Crippen LogP contribution in [0.1, 0.15) is 46.5 Å². The third-order valence-electron chi connectivity index (χ3n) is 6.12. The van der Waals surface area contributed by atoms with Gasteiger partial charge in [0.2, 0.25) is 5.79 Å². The highest BCUT2D eigenvalue weighted by molar-refractivity contribution is 5.08. The molecule has 5 fully saturated rings. The molecule has 0 amide bonds. The summed E-state index contributed by atoms with van der Waals surface area (Å²) in [7, 11) is 0. The summed E-state index contributed by atoms with van der Waals surface area (Å²) in [5.74, 6) is 0.437. The molecule has 0 radical (unpaired) electrons. The van der Waals surface area contributed by atoms with Gasteiger partial charge in [-0.3, -0.25) is 0 Å². The van der Waals surface area contributed by atoms with Crippen LogP contribution < -0.4 is 0 Å². The van der Waals surface area contributed by atoms with E-state index in [-0.39, 0.29) is 11.8 Å². The van der Waals surface area contributed by atoms with Gasteiger partial charge in [-0.15, -0.1) is 0 Å². The molecule has 5 heteroatoms. The Morgan fingerprint density at radius 2 is 1.85 bits per heavy atom. The van der Waals surface area contributed by atoms with Gasteiger partial charge < -0.3 is 14.6 Å². The number of hydrogen-bond acceptors (Lipinski definition) is 5. The van der Waals surface area contributed by atoms with E-state index >= 15 is 0 Å². The van der Waals surface area contributed by atoms with Crippen molar-refractivity contribution in [2.45, 2.75) is 70.4 Å². The fourth-order valence-corrected chi connectivity index (χ4v) is 4.89. The van der Waals surface area contributed by atoms with Crippen LogP contribution in [-0.4, -0.2) is 29.1 Å². The van der Waals surface area contributed by atoms with Crippen LogP contribution in [0.5, 0.6) is 0 Å². The molecule has 1 N–H and O–H groups in total. The topological polar surface area (TPSA) is 57.2 Å². The van der Waals surface area contributed by atoms with Crippen LogP contribution in [0.4, 0.5) is 0 Å². The van der Waals surface area contributed by atoms with Crippen LogP contribution in [0, 0.1) is 23.7 Å². The Morgan fingerprint density at radius 3 is 2.65 bits per heavy atom. The van der Waals surface area contributed by atoms with Crippen LogP contribution >= 0.6 is 0 Å². The van der Waals surface area contributed by atoms with Crippen molar-refractivity contribution in [2.75, 3.05) is 0 Å². The molecular formula is C15H24O5. The Balaban J connectivity index is 1.82. The van der Waals surface area contributed by atoms with Crippen LogP contribution in [0.2, 0.25) is 0 Å². The summed E-state index contributed by atoms with van der Waals surface area (Å²) in [5.41, 5.74) is -0.549. The van der Waals surface area contributed by atoms with E-state index in [1.54, 1.807) is 0 Å². The van der Waals surface area contributed by atoms with Crippen molar-refractivity contribution in [2.24, 2.45) is 23.7 Å². The van der Waals surface area contributed by atoms with E-state index in [9.17, 15) is 5.11 Å². The van der Waals surface area contributed by atoms with Crippen molar-refractivity contribution in [3.05, 3.63) is 0 Å². The van der Waals surface area contributed by atoms with Gasteiger partial charge in [0, 0.05) is 18.3 Å². The van der Waals surface area contributed by atoms with Crippen molar-refractivity contribution >= 4 is 0 Å². The number of aliphatic hydroxyl groups excluding tert-OH is 1. The third-order valence-corrected chi connectivity index (χ3v) is 6.12. The maximum atomic E-state index is 10.2. The van der Waals surface area contributed by atoms with Gasteiger partial charge in [0.05, 0.1) is 0 Å². The molecule has 8 atom stereocenters. The highest BCUT2D eigenvalue weighted by atomic mass is 17.3. The van der Waals surface area contributed by atoms with E-state index < -0.39 is 24.0 Å². The number of rotatable bonds is 0. The quantitative estimate of drug-likeness (QED) is 0.691. The third kappa shape index (κ3) is 1.56. The molecule has 0 aromatic carbocycles. The minimum atomic E-state index is -0.781. The zero-order valence-corrected chi connectivity index (χ0v) is 12.4. The normalized spacial score (nSPS) is 61.8. The Morgan fingerprint density at radius 1 is 1.05 bits per heavy atom. The molecule has 0 aromatic rings. The number of aliphatic hydroxyl groups is 1. The first-order valence-corrected chi connectivity index (χ1v) is 7.84. The maximum Gasteiger partial charge on any atom is 0.201 e. The van der Waals surface area contributed by atoms with E-state index in [2.05, 4.69) is 6.92 Å². The van der Waals surface area contributed by atoms with E-state index in [1.807, 2.05) is 13.8 Å². The zero-order valence-electron chi connectivity index (χ0n) is 12.4. The molecule has 2 bridgehead atoms. The highest BCUT2D eigenvalue weighted by Crippen LogP contribution is 2.60. The molecular weight excluding hydrogens is 260 g/mol. The van der Waals surface area contributed by atoms with Crippen LogP contribution in [-0.2, 0) is 19.2 Å². The zero-order chi connectivity index (χ0) is 14.1. The van der Waals surface area contributed by atoms with E-state index in [0.717, 1.165) is 19.3 Å². The van der Waals surface area contributed by atoms with E-state index in [1.165, 1.54) is 6.42 Å². The lowest BCUT2D eigenvalue weighted by molar-refractivity contribution is -0.576. The van der Waals surface area contributed by atoms with Crippen molar-refractivity contribution in [3.63, 3.8) is 0 Å². The standard InChI is InChI=1S/C15H24O5/c1-8-4-5-11-9(2)12(16)17-13-15(11)10(8)6-7-14(3,18-13)19-20-15/h8-13,16H,4-7H2,1-3H3/t8-,9-,10?,11?,12+,13?,14?,15-/m0/s1. The molecule has 4 unspecified atom stereocenters. The second-order valence-electron chi connectivity index (χ2n) is 7.30. The van der Waals surface area contributed by atoms with Gasteiger partial charge in [-0.2, -0.15) is 0 Å². The summed E-state index contributed by atoms with van der Waals surface area (Å²) in [5, 5.41) is 10.2. The molecule has 4 saturated heterocycles. The van der Waals surface area contributed by atoms with Gasteiger partial charge in [0.25, 0.3) is 0 Å². The largest absolute Gasteiger partial charge is 0.368 e. The second-order valence-corrected chi connectivity index (χ2v) is 7.30. The lowest BCUT2D eigenvalue weighted by atomic mass is 9.58. The fraction of sp³-hybridized carbons (Fsp3) is 1.00. The van der Waals surface area contributed by atoms with Crippen LogP contribution in [0.15, 0.2) is 0 Å². The molecule has 5 aliphatic rings. The van der Waals surface area contributed by atoms with Crippen molar-refractivity contribution in [1.29, 1.82) is 0 Å². The molecule has 114 valence electrons. The predicted octanol–water partition coefficient (Wildman–Crippen LogP) is 2.19. The second kappa shape index (κ2) is 4.17. The number of hydrogen-bond donors (Lipinski definition) is 1. The van der Waals surface area contributed by atoms with Gasteiger partial charge in [-0.25, -0.2) is 9.78 Å². The van der Waals surface area contributed by atoms with Gasteiger partial charge in [-0.1, -0.05) is 13.8 Å². The summed E-state index contributed by atoms with van der Waals surface area (Å²) < 4.78 is 11.9. The minimum Gasteiger partial charge on any atom is -0.368 e. The van der Waals surface area contributed by atoms with Crippen molar-refractivity contribution in [1.82, 2.24) is 0 Å². The Hall–Kier alpha value is -0.200. The molecule has 1 saturated carbocycles. The highest BCUT2D eigenvalue weighted by Gasteiger charge is 2.69. The summed E-state index contributed by atoms with van der Waals surface area (Å²) in [6, 6.07) is 0. The van der Waals surface area contributed by atoms with Gasteiger partial charge in [0.1, 0.15) is 0 Å². The molecule has 20 heavy (non-hydrogen) atoms. The van der Waals surface area contributed by atoms with E-state index in [0.29, 0.717) is 11.8 Å². The molecule has 4 heterocycles. The average Bonchev–Trinajstić information content (AvgIpc) is 2.63. The molecule has 5 rings (SSSR count). The number of ether oxygens (including phenoxy) is 2. The van der Waals surface area contributed by atoms with Gasteiger partial charge in [-0.05, 0) is 38.0 Å². The molecule has 0 aromatic heterocycles. The van der Waals surface area contributed by atoms with Gasteiger partial charge in [0.15, 0.2) is 18.2 Å². The van der Waals surface area contributed by atoms with Crippen molar-refractivity contribution < 1.29 is 24.4 Å². The molecule has 5 nitrogen and oxygen atoms in total. The monoisotopic (exact) mass is 284 g/mol.